The molecule has 0 aromatic carbocycles. The van der Waals surface area contributed by atoms with Crippen molar-refractivity contribution < 1.29 is 9.59 Å². The van der Waals surface area contributed by atoms with Crippen LogP contribution in [0.4, 0.5) is 0 Å². The summed E-state index contributed by atoms with van der Waals surface area (Å²) in [5.41, 5.74) is 0.526. The van der Waals surface area contributed by atoms with E-state index in [1.165, 1.54) is 0 Å². The monoisotopic (exact) mass is 424 g/mol. The van der Waals surface area contributed by atoms with Crippen LogP contribution in [-0.2, 0) is 0 Å². The van der Waals surface area contributed by atoms with Gasteiger partial charge in [-0.25, -0.2) is 0 Å². The Labute approximate surface area is 183 Å². The molecule has 0 saturated carbocycles. The maximum absolute atomic E-state index is 13.6. The van der Waals surface area contributed by atoms with Gasteiger partial charge in [0, 0.05) is 43.9 Å². The summed E-state index contributed by atoms with van der Waals surface area (Å²) in [5.74, 6) is -0.749. The number of likely N-dealkylation sites (tertiary alicyclic amines) is 1. The number of unbranched alkanes of at least 4 members (excludes halogenated alkanes) is 1. The minimum atomic E-state index is -0.508. The second kappa shape index (κ2) is 10.4. The number of carbonyl (C=O) groups is 2. The van der Waals surface area contributed by atoms with E-state index in [0.717, 1.165) is 37.7 Å². The highest BCUT2D eigenvalue weighted by Gasteiger charge is 2.31. The zero-order valence-electron chi connectivity index (χ0n) is 18.6. The van der Waals surface area contributed by atoms with Crippen LogP contribution >= 0.6 is 0 Å². The van der Waals surface area contributed by atoms with Gasteiger partial charge in [-0.3, -0.25) is 19.4 Å². The lowest BCUT2D eigenvalue weighted by atomic mass is 9.95. The van der Waals surface area contributed by atoms with E-state index in [0.29, 0.717) is 13.1 Å². The second-order valence-electron chi connectivity index (χ2n) is 8.36. The highest BCUT2D eigenvalue weighted by molar-refractivity contribution is 5.99. The number of nitrogens with zero attached hydrogens (tertiary/aromatic N) is 3. The molecule has 0 spiro atoms. The summed E-state index contributed by atoms with van der Waals surface area (Å²) in [6.45, 7) is 7.03. The SMILES string of the molecule is CCCCNC(=O)c1cn(C(C)C)cc(C(=O)N2CCCC[C@H]2c2cccnc2)c1=O. The van der Waals surface area contributed by atoms with Crippen LogP contribution in [0, 0.1) is 0 Å². The maximum Gasteiger partial charge on any atom is 0.259 e. The number of pyridine rings is 2. The molecule has 2 amide bonds. The average Bonchev–Trinajstić information content (AvgIpc) is 2.79. The highest BCUT2D eigenvalue weighted by Crippen LogP contribution is 2.31. The molecule has 0 radical (unpaired) electrons. The topological polar surface area (TPSA) is 84.3 Å². The van der Waals surface area contributed by atoms with Crippen molar-refractivity contribution in [1.29, 1.82) is 0 Å². The van der Waals surface area contributed by atoms with Gasteiger partial charge in [0.25, 0.3) is 11.8 Å². The number of hydrogen-bond acceptors (Lipinski definition) is 4. The number of piperidine rings is 1. The number of carbonyl (C=O) groups excluding carboxylic acids is 2. The largest absolute Gasteiger partial charge is 0.352 e. The van der Waals surface area contributed by atoms with Gasteiger partial charge in [-0.05, 0) is 51.2 Å². The van der Waals surface area contributed by atoms with Gasteiger partial charge in [-0.15, -0.1) is 0 Å². The molecule has 1 saturated heterocycles. The summed E-state index contributed by atoms with van der Waals surface area (Å²) in [7, 11) is 0. The first-order valence-electron chi connectivity index (χ1n) is 11.2. The van der Waals surface area contributed by atoms with Gasteiger partial charge in [0.05, 0.1) is 6.04 Å². The minimum Gasteiger partial charge on any atom is -0.352 e. The summed E-state index contributed by atoms with van der Waals surface area (Å²) in [6.07, 6.45) is 11.1. The molecule has 7 heteroatoms. The van der Waals surface area contributed by atoms with Crippen molar-refractivity contribution in [3.8, 4) is 0 Å². The van der Waals surface area contributed by atoms with Crippen molar-refractivity contribution in [2.45, 2.75) is 65.0 Å². The Balaban J connectivity index is 1.98. The van der Waals surface area contributed by atoms with E-state index >= 15 is 0 Å². The van der Waals surface area contributed by atoms with Crippen molar-refractivity contribution in [1.82, 2.24) is 19.8 Å². The van der Waals surface area contributed by atoms with Crippen LogP contribution in [0.5, 0.6) is 0 Å². The highest BCUT2D eigenvalue weighted by atomic mass is 16.2. The molecule has 1 aliphatic rings. The quantitative estimate of drug-likeness (QED) is 0.687. The summed E-state index contributed by atoms with van der Waals surface area (Å²) in [5, 5.41) is 2.80. The van der Waals surface area contributed by atoms with Crippen LogP contribution in [-0.4, -0.2) is 39.4 Å². The number of amides is 2. The van der Waals surface area contributed by atoms with Crippen LogP contribution in [0.1, 0.15) is 91.2 Å². The zero-order chi connectivity index (χ0) is 22.4. The van der Waals surface area contributed by atoms with Crippen molar-refractivity contribution >= 4 is 11.8 Å². The number of hydrogen-bond donors (Lipinski definition) is 1. The van der Waals surface area contributed by atoms with Crippen molar-refractivity contribution in [3.63, 3.8) is 0 Å². The van der Waals surface area contributed by atoms with E-state index in [1.807, 2.05) is 32.9 Å². The fourth-order valence-corrected chi connectivity index (χ4v) is 3.93. The molecule has 0 unspecified atom stereocenters. The molecule has 3 heterocycles. The van der Waals surface area contributed by atoms with E-state index in [2.05, 4.69) is 10.3 Å². The van der Waals surface area contributed by atoms with E-state index in [4.69, 9.17) is 0 Å². The van der Waals surface area contributed by atoms with Crippen LogP contribution in [0.25, 0.3) is 0 Å². The lowest BCUT2D eigenvalue weighted by molar-refractivity contribution is 0.0608. The Hall–Kier alpha value is -2.96. The molecule has 1 fully saturated rings. The molecule has 3 rings (SSSR count). The van der Waals surface area contributed by atoms with Gasteiger partial charge in [-0.1, -0.05) is 19.4 Å². The molecule has 0 aliphatic carbocycles. The average molecular weight is 425 g/mol. The smallest absolute Gasteiger partial charge is 0.259 e. The maximum atomic E-state index is 13.6. The molecule has 31 heavy (non-hydrogen) atoms. The van der Waals surface area contributed by atoms with E-state index < -0.39 is 11.3 Å². The molecular weight excluding hydrogens is 392 g/mol. The van der Waals surface area contributed by atoms with Crippen LogP contribution < -0.4 is 10.7 Å². The number of nitrogens with one attached hydrogen (secondary N) is 1. The third kappa shape index (κ3) is 5.21. The molecular formula is C24H32N4O3. The van der Waals surface area contributed by atoms with Crippen molar-refractivity contribution in [2.24, 2.45) is 0 Å². The van der Waals surface area contributed by atoms with Crippen LogP contribution in [0.2, 0.25) is 0 Å². The van der Waals surface area contributed by atoms with Crippen molar-refractivity contribution in [3.05, 3.63) is 63.8 Å². The lowest BCUT2D eigenvalue weighted by Gasteiger charge is -2.36. The Morgan fingerprint density at radius 3 is 2.68 bits per heavy atom. The van der Waals surface area contributed by atoms with Crippen LogP contribution in [0.3, 0.4) is 0 Å². The summed E-state index contributed by atoms with van der Waals surface area (Å²) >= 11 is 0. The number of rotatable bonds is 7. The van der Waals surface area contributed by atoms with E-state index in [1.54, 1.807) is 34.3 Å². The predicted octanol–water partition coefficient (Wildman–Crippen LogP) is 3.72. The summed E-state index contributed by atoms with van der Waals surface area (Å²) in [6, 6.07) is 3.71. The third-order valence-corrected chi connectivity index (χ3v) is 5.77. The number of aromatic nitrogens is 2. The van der Waals surface area contributed by atoms with Gasteiger partial charge >= 0.3 is 0 Å². The standard InChI is InChI=1S/C24H32N4O3/c1-4-5-12-26-23(30)19-15-27(17(2)3)16-20(22(19)29)24(31)28-13-7-6-10-21(28)18-9-8-11-25-14-18/h8-9,11,14-17,21H,4-7,10,12-13H2,1-3H3,(H,26,30)/t21-/m0/s1. The zero-order valence-corrected chi connectivity index (χ0v) is 18.6. The first kappa shape index (κ1) is 22.7. The second-order valence-corrected chi connectivity index (χ2v) is 8.36. The molecule has 1 aliphatic heterocycles. The molecule has 0 bridgehead atoms. The molecule has 1 N–H and O–H groups in total. The molecule has 2 aromatic rings. The van der Waals surface area contributed by atoms with E-state index in [9.17, 15) is 14.4 Å². The van der Waals surface area contributed by atoms with Gasteiger partial charge in [-0.2, -0.15) is 0 Å². The summed E-state index contributed by atoms with van der Waals surface area (Å²) < 4.78 is 1.77. The van der Waals surface area contributed by atoms with Gasteiger partial charge < -0.3 is 14.8 Å². The molecule has 166 valence electrons. The third-order valence-electron chi connectivity index (χ3n) is 5.77. The Morgan fingerprint density at radius 2 is 2.00 bits per heavy atom. The van der Waals surface area contributed by atoms with Gasteiger partial charge in [0.15, 0.2) is 0 Å². The van der Waals surface area contributed by atoms with Crippen LogP contribution in [0.15, 0.2) is 41.7 Å². The Kier molecular flexibility index (Phi) is 7.60. The molecule has 7 nitrogen and oxygen atoms in total. The molecule has 1 atom stereocenters. The Morgan fingerprint density at radius 1 is 1.23 bits per heavy atom. The fourth-order valence-electron chi connectivity index (χ4n) is 3.93. The minimum absolute atomic E-state index is 0.00446. The fraction of sp³-hybridized carbons (Fsp3) is 0.500. The lowest BCUT2D eigenvalue weighted by Crippen LogP contribution is -2.42. The normalized spacial score (nSPS) is 16.4. The first-order chi connectivity index (χ1) is 14.9. The molecule has 2 aromatic heterocycles. The van der Waals surface area contributed by atoms with E-state index in [-0.39, 0.29) is 29.1 Å². The predicted molar refractivity (Wildman–Crippen MR) is 120 cm³/mol. The Bertz CT molecular complexity index is 969. The summed E-state index contributed by atoms with van der Waals surface area (Å²) in [4.78, 5) is 45.4. The first-order valence-corrected chi connectivity index (χ1v) is 11.2. The van der Waals surface area contributed by atoms with Crippen molar-refractivity contribution in [2.75, 3.05) is 13.1 Å². The van der Waals surface area contributed by atoms with Gasteiger partial charge in [0.1, 0.15) is 11.1 Å². The van der Waals surface area contributed by atoms with Gasteiger partial charge in [0.2, 0.25) is 5.43 Å².